The molecule has 48 heavy (non-hydrogen) atoms. The van der Waals surface area contributed by atoms with Crippen LogP contribution in [0.2, 0.25) is 5.15 Å². The molecule has 10 nitrogen and oxygen atoms in total. The van der Waals surface area contributed by atoms with Gasteiger partial charge >= 0.3 is 12.3 Å². The molecular formula is C34H35ClF3N5O5. The van der Waals surface area contributed by atoms with Gasteiger partial charge < -0.3 is 30.3 Å². The molecule has 14 heteroatoms. The van der Waals surface area contributed by atoms with Crippen molar-refractivity contribution in [3.63, 3.8) is 0 Å². The molecule has 1 aliphatic heterocycles. The largest absolute Gasteiger partial charge is 0.542 e. The number of aliphatic carboxylic acids is 1. The maximum Gasteiger partial charge on any atom is 0.430 e. The zero-order chi connectivity index (χ0) is 35.0. The number of quaternary nitrogens is 1. The fourth-order valence-electron chi connectivity index (χ4n) is 5.03. The number of anilines is 1. The first-order valence-electron chi connectivity index (χ1n) is 15.1. The minimum Gasteiger partial charge on any atom is -0.542 e. The van der Waals surface area contributed by atoms with Crippen LogP contribution in [0.15, 0.2) is 72.8 Å². The van der Waals surface area contributed by atoms with E-state index < -0.39 is 18.2 Å². The second-order valence-electron chi connectivity index (χ2n) is 11.5. The van der Waals surface area contributed by atoms with E-state index in [0.29, 0.717) is 48.5 Å². The molecule has 0 fully saturated rings. The summed E-state index contributed by atoms with van der Waals surface area (Å²) in [7, 11) is 0. The highest BCUT2D eigenvalue weighted by Crippen LogP contribution is 2.34. The second kappa shape index (κ2) is 15.8. The first-order chi connectivity index (χ1) is 22.8. The van der Waals surface area contributed by atoms with Crippen LogP contribution >= 0.6 is 11.6 Å². The number of nitrogens with one attached hydrogen (secondary N) is 2. The third-order valence-electron chi connectivity index (χ3n) is 7.40. The lowest BCUT2D eigenvalue weighted by Gasteiger charge is -2.35. The number of carboxylic acids is 1. The zero-order valence-corrected chi connectivity index (χ0v) is 27.0. The van der Waals surface area contributed by atoms with Crippen molar-refractivity contribution in [2.75, 3.05) is 18.5 Å². The molecule has 1 atom stereocenters. The molecule has 0 saturated heterocycles. The highest BCUT2D eigenvalue weighted by atomic mass is 35.5. The van der Waals surface area contributed by atoms with Crippen LogP contribution in [-0.4, -0.2) is 52.2 Å². The summed E-state index contributed by atoms with van der Waals surface area (Å²) in [6.07, 6.45) is -4.34. The molecule has 2 heterocycles. The van der Waals surface area contributed by atoms with Gasteiger partial charge in [0.2, 0.25) is 0 Å². The Bertz CT molecular complexity index is 1730. The summed E-state index contributed by atoms with van der Waals surface area (Å²) in [6, 6.07) is 23.0. The Hall–Kier alpha value is -4.88. The molecule has 4 aromatic rings. The topological polar surface area (TPSA) is 155 Å². The normalized spacial score (nSPS) is 13.3. The number of amides is 2. The Balaban J connectivity index is 0.000000671. The molecule has 2 amide bonds. The fourth-order valence-corrected chi connectivity index (χ4v) is 5.28. The van der Waals surface area contributed by atoms with Crippen molar-refractivity contribution in [3.8, 4) is 11.3 Å². The molecule has 0 aliphatic carbocycles. The highest BCUT2D eigenvalue weighted by molar-refractivity contribution is 6.31. The molecule has 5 N–H and O–H groups in total. The van der Waals surface area contributed by atoms with Crippen LogP contribution in [0.3, 0.4) is 0 Å². The molecule has 1 aliphatic rings. The van der Waals surface area contributed by atoms with E-state index >= 15 is 0 Å². The Morgan fingerprint density at radius 2 is 1.75 bits per heavy atom. The van der Waals surface area contributed by atoms with Crippen LogP contribution in [0.25, 0.3) is 11.3 Å². The molecule has 0 saturated carbocycles. The zero-order valence-electron chi connectivity index (χ0n) is 26.3. The monoisotopic (exact) mass is 685 g/mol. The van der Waals surface area contributed by atoms with E-state index in [-0.39, 0.29) is 17.9 Å². The summed E-state index contributed by atoms with van der Waals surface area (Å²) in [5.41, 5.74) is 9.95. The van der Waals surface area contributed by atoms with Crippen LogP contribution < -0.4 is 16.2 Å². The van der Waals surface area contributed by atoms with Crippen LogP contribution in [0, 0.1) is 5.92 Å². The average Bonchev–Trinajstić information content (AvgIpc) is 3.44. The van der Waals surface area contributed by atoms with E-state index in [1.165, 1.54) is 0 Å². The number of nitrogens with zero attached hydrogens (tertiary/aromatic N) is 2. The predicted molar refractivity (Wildman–Crippen MR) is 171 cm³/mol. The van der Waals surface area contributed by atoms with Crippen LogP contribution in [0.4, 0.5) is 23.7 Å². The third-order valence-corrected chi connectivity index (χ3v) is 7.67. The van der Waals surface area contributed by atoms with Crippen molar-refractivity contribution in [2.45, 2.75) is 45.5 Å². The standard InChI is InChI=1S/C32H34ClN5O3.C2HF3O2/c1-20(2)19-41-32(40)35-25-11-9-23(10-12-25)28-29(33)37-30(36-28)27(17-21-6-4-3-5-7-21)38-15-14-24-16-22(18-34)8-13-26(24)31(38)39;3-2(4,5)1(6)7/h3-13,16,20,27H,14-15,17-19,34H2,1-2H3,(H,35,40)(H,36,37);(H,6,7)/t27-;/m0./s1. The Kier molecular flexibility index (Phi) is 11.8. The fraction of sp³-hybridized carbons (Fsp3) is 0.294. The summed E-state index contributed by atoms with van der Waals surface area (Å²) in [5.74, 6) is -2.14. The summed E-state index contributed by atoms with van der Waals surface area (Å²) < 4.78 is 36.7. The van der Waals surface area contributed by atoms with Gasteiger partial charge in [-0.3, -0.25) is 10.1 Å². The van der Waals surface area contributed by atoms with Crippen LogP contribution in [-0.2, 0) is 28.9 Å². The van der Waals surface area contributed by atoms with Gasteiger partial charge in [0.25, 0.3) is 5.91 Å². The van der Waals surface area contributed by atoms with Crippen molar-refractivity contribution in [3.05, 3.63) is 106 Å². The number of carbonyl (C=O) groups is 3. The van der Waals surface area contributed by atoms with Gasteiger partial charge in [-0.15, -0.1) is 0 Å². The van der Waals surface area contributed by atoms with Gasteiger partial charge in [-0.25, -0.2) is 9.78 Å². The quantitative estimate of drug-likeness (QED) is 0.226. The molecule has 0 bridgehead atoms. The third kappa shape index (κ3) is 9.35. The summed E-state index contributed by atoms with van der Waals surface area (Å²) in [5, 5.41) is 11.9. The van der Waals surface area contributed by atoms with Crippen LogP contribution in [0.5, 0.6) is 0 Å². The highest BCUT2D eigenvalue weighted by Gasteiger charge is 2.33. The number of hydrogen-bond acceptors (Lipinski definition) is 6. The van der Waals surface area contributed by atoms with Gasteiger partial charge in [0, 0.05) is 35.3 Å². The number of carbonyl (C=O) groups excluding carboxylic acids is 3. The van der Waals surface area contributed by atoms with E-state index in [9.17, 15) is 22.8 Å². The summed E-state index contributed by atoms with van der Waals surface area (Å²) in [6.45, 7) is 5.57. The molecule has 254 valence electrons. The van der Waals surface area contributed by atoms with Crippen molar-refractivity contribution >= 4 is 35.3 Å². The maximum atomic E-state index is 13.8. The lowest BCUT2D eigenvalue weighted by Crippen LogP contribution is -2.47. The van der Waals surface area contributed by atoms with Crippen LogP contribution in [0.1, 0.15) is 52.8 Å². The first-order valence-corrected chi connectivity index (χ1v) is 15.5. The van der Waals surface area contributed by atoms with Crippen molar-refractivity contribution in [2.24, 2.45) is 5.92 Å². The summed E-state index contributed by atoms with van der Waals surface area (Å²) in [4.78, 5) is 44.7. The minimum atomic E-state index is -5.19. The number of imidazole rings is 1. The Morgan fingerprint density at radius 1 is 1.08 bits per heavy atom. The Morgan fingerprint density at radius 3 is 2.35 bits per heavy atom. The molecule has 0 spiro atoms. The number of aromatic nitrogens is 2. The van der Waals surface area contributed by atoms with E-state index in [2.05, 4.69) is 34.2 Å². The number of carboxylic acid groups (broad SMARTS) is 1. The predicted octanol–water partition coefficient (Wildman–Crippen LogP) is 4.96. The molecule has 5 rings (SSSR count). The number of halogens is 4. The number of fused-ring (bicyclic) bond motifs is 1. The average molecular weight is 686 g/mol. The molecule has 0 unspecified atom stereocenters. The number of H-pyrrole nitrogens is 1. The van der Waals surface area contributed by atoms with E-state index in [4.69, 9.17) is 31.2 Å². The minimum absolute atomic E-state index is 0.0170. The molecule has 0 radical (unpaired) electrons. The van der Waals surface area contributed by atoms with E-state index in [1.54, 1.807) is 12.1 Å². The van der Waals surface area contributed by atoms with Gasteiger partial charge in [0.05, 0.1) is 19.2 Å². The number of aromatic amines is 1. The molecule has 1 aromatic heterocycles. The van der Waals surface area contributed by atoms with Crippen molar-refractivity contribution < 1.29 is 43.1 Å². The van der Waals surface area contributed by atoms with E-state index in [1.807, 2.05) is 61.2 Å². The lowest BCUT2D eigenvalue weighted by atomic mass is 9.94. The number of benzene rings is 3. The van der Waals surface area contributed by atoms with Gasteiger partial charge in [-0.2, -0.15) is 13.2 Å². The molecule has 3 aromatic carbocycles. The second-order valence-corrected chi connectivity index (χ2v) is 11.8. The number of rotatable bonds is 9. The number of ether oxygens (including phenoxy) is 1. The van der Waals surface area contributed by atoms with Gasteiger partial charge in [-0.1, -0.05) is 74.0 Å². The Labute approximate surface area is 280 Å². The summed E-state index contributed by atoms with van der Waals surface area (Å²) >= 11 is 6.69. The smallest absolute Gasteiger partial charge is 0.430 e. The first kappa shape index (κ1) is 36.0. The van der Waals surface area contributed by atoms with Crippen molar-refractivity contribution in [1.29, 1.82) is 0 Å². The number of hydrogen-bond donors (Lipinski definition) is 3. The lowest BCUT2D eigenvalue weighted by molar-refractivity contribution is -0.386. The van der Waals surface area contributed by atoms with Gasteiger partial charge in [0.1, 0.15) is 22.6 Å². The van der Waals surface area contributed by atoms with Gasteiger partial charge in [0.15, 0.2) is 0 Å². The molecular weight excluding hydrogens is 651 g/mol. The van der Waals surface area contributed by atoms with Crippen molar-refractivity contribution in [1.82, 2.24) is 14.9 Å². The maximum absolute atomic E-state index is 13.8. The van der Waals surface area contributed by atoms with Gasteiger partial charge in [-0.05, 0) is 47.7 Å². The SMILES string of the molecule is CC(C)COC(=O)Nc1ccc(-c2nc([C@H](Cc3ccccc3)N3CCc4cc(C[NH3+])ccc4C3=O)[nH]c2Cl)cc1.O=C([O-])C(F)(F)F. The number of alkyl halides is 3. The van der Waals surface area contributed by atoms with E-state index in [0.717, 1.165) is 34.2 Å².